The van der Waals surface area contributed by atoms with Crippen LogP contribution in [0.3, 0.4) is 0 Å². The van der Waals surface area contributed by atoms with Gasteiger partial charge in [-0.05, 0) is 30.2 Å². The Balaban J connectivity index is 2.32. The lowest BCUT2D eigenvalue weighted by Crippen LogP contribution is -2.03. The largest absolute Gasteiger partial charge is 0.478 e. The van der Waals surface area contributed by atoms with E-state index in [1.807, 2.05) is 0 Å². The lowest BCUT2D eigenvalue weighted by molar-refractivity contribution is -0.131. The van der Waals surface area contributed by atoms with Crippen LogP contribution in [0.4, 0.5) is 0 Å². The van der Waals surface area contributed by atoms with E-state index in [9.17, 15) is 10.0 Å². The number of pyridine rings is 1. The van der Waals surface area contributed by atoms with E-state index in [1.54, 1.807) is 55.7 Å². The molecule has 0 amide bonds. The number of benzene rings is 1. The molecule has 0 radical (unpaired) electrons. The Bertz CT molecular complexity index is 689. The molecule has 0 aliphatic carbocycles. The summed E-state index contributed by atoms with van der Waals surface area (Å²) in [7, 11) is 0. The number of oxime groups is 1. The molecule has 0 aliphatic heterocycles. The van der Waals surface area contributed by atoms with Gasteiger partial charge < -0.3 is 10.3 Å². The number of allylic oxidation sites excluding steroid dienone is 1. The van der Waals surface area contributed by atoms with Crippen molar-refractivity contribution in [2.45, 2.75) is 6.92 Å². The molecule has 0 aliphatic rings. The third-order valence-corrected chi connectivity index (χ3v) is 2.99. The minimum Gasteiger partial charge on any atom is -0.478 e. The van der Waals surface area contributed by atoms with Crippen molar-refractivity contribution < 1.29 is 15.1 Å². The van der Waals surface area contributed by atoms with Crippen LogP contribution in [0.2, 0.25) is 0 Å². The Hall–Kier alpha value is -2.95. The molecule has 2 rings (SSSR count). The Kier molecular flexibility index (Phi) is 4.46. The van der Waals surface area contributed by atoms with Crippen molar-refractivity contribution in [2.24, 2.45) is 5.16 Å². The van der Waals surface area contributed by atoms with Crippen LogP contribution in [0.1, 0.15) is 23.6 Å². The van der Waals surface area contributed by atoms with Crippen molar-refractivity contribution in [1.29, 1.82) is 0 Å². The van der Waals surface area contributed by atoms with Crippen molar-refractivity contribution in [1.82, 2.24) is 4.98 Å². The standard InChI is InChI=1S/C16H14N2O3/c1-11(9-15(19)20)12-4-6-13(7-5-12)16(18-21)14-3-2-8-17-10-14/h2-10,21H,1H3,(H,19,20). The fourth-order valence-electron chi connectivity index (χ4n) is 1.94. The maximum absolute atomic E-state index is 10.7. The lowest BCUT2D eigenvalue weighted by Gasteiger charge is -2.06. The molecule has 5 heteroatoms. The number of hydrogen-bond donors (Lipinski definition) is 2. The summed E-state index contributed by atoms with van der Waals surface area (Å²) in [5, 5.41) is 21.3. The van der Waals surface area contributed by atoms with Gasteiger partial charge in [-0.1, -0.05) is 29.4 Å². The van der Waals surface area contributed by atoms with Gasteiger partial charge in [0.15, 0.2) is 0 Å². The van der Waals surface area contributed by atoms with Crippen LogP contribution in [0.25, 0.3) is 5.57 Å². The average Bonchev–Trinajstić information content (AvgIpc) is 2.49. The first kappa shape index (κ1) is 14.5. The topological polar surface area (TPSA) is 82.8 Å². The van der Waals surface area contributed by atoms with Crippen LogP contribution in [-0.4, -0.2) is 27.0 Å². The highest BCUT2D eigenvalue weighted by molar-refractivity contribution is 6.12. The monoisotopic (exact) mass is 282 g/mol. The molecule has 0 atom stereocenters. The quantitative estimate of drug-likeness (QED) is 0.391. The second-order valence-electron chi connectivity index (χ2n) is 4.43. The van der Waals surface area contributed by atoms with E-state index in [1.165, 1.54) is 0 Å². The van der Waals surface area contributed by atoms with E-state index in [0.717, 1.165) is 17.2 Å². The van der Waals surface area contributed by atoms with Gasteiger partial charge in [-0.15, -0.1) is 0 Å². The second kappa shape index (κ2) is 6.47. The van der Waals surface area contributed by atoms with Crippen molar-refractivity contribution >= 4 is 17.3 Å². The highest BCUT2D eigenvalue weighted by Crippen LogP contribution is 2.17. The zero-order valence-corrected chi connectivity index (χ0v) is 11.4. The van der Waals surface area contributed by atoms with E-state index in [2.05, 4.69) is 10.1 Å². The van der Waals surface area contributed by atoms with Gasteiger partial charge in [0, 0.05) is 29.6 Å². The van der Waals surface area contributed by atoms with E-state index >= 15 is 0 Å². The second-order valence-corrected chi connectivity index (χ2v) is 4.43. The van der Waals surface area contributed by atoms with Crippen molar-refractivity contribution in [3.05, 3.63) is 71.6 Å². The first-order valence-corrected chi connectivity index (χ1v) is 6.26. The first-order chi connectivity index (χ1) is 10.1. The number of hydrogen-bond acceptors (Lipinski definition) is 4. The molecule has 2 N–H and O–H groups in total. The fourth-order valence-corrected chi connectivity index (χ4v) is 1.94. The highest BCUT2D eigenvalue weighted by atomic mass is 16.4. The van der Waals surface area contributed by atoms with Gasteiger partial charge in [0.05, 0.1) is 0 Å². The smallest absolute Gasteiger partial charge is 0.328 e. The summed E-state index contributed by atoms with van der Waals surface area (Å²) in [5.41, 5.74) is 3.28. The summed E-state index contributed by atoms with van der Waals surface area (Å²) in [5.74, 6) is -0.982. The van der Waals surface area contributed by atoms with Crippen LogP contribution in [0, 0.1) is 0 Å². The number of carbonyl (C=O) groups is 1. The van der Waals surface area contributed by atoms with Crippen LogP contribution >= 0.6 is 0 Å². The summed E-state index contributed by atoms with van der Waals surface area (Å²) in [6.45, 7) is 1.73. The van der Waals surface area contributed by atoms with Gasteiger partial charge in [0.25, 0.3) is 0 Å². The van der Waals surface area contributed by atoms with E-state index in [0.29, 0.717) is 16.8 Å². The summed E-state index contributed by atoms with van der Waals surface area (Å²) < 4.78 is 0. The van der Waals surface area contributed by atoms with E-state index in [4.69, 9.17) is 5.11 Å². The predicted octanol–water partition coefficient (Wildman–Crippen LogP) is 2.80. The number of aliphatic carboxylic acids is 1. The van der Waals surface area contributed by atoms with Crippen molar-refractivity contribution in [3.63, 3.8) is 0 Å². The minimum atomic E-state index is -0.982. The summed E-state index contributed by atoms with van der Waals surface area (Å²) >= 11 is 0. The molecule has 106 valence electrons. The first-order valence-electron chi connectivity index (χ1n) is 6.26. The van der Waals surface area contributed by atoms with Gasteiger partial charge in [0.1, 0.15) is 5.71 Å². The highest BCUT2D eigenvalue weighted by Gasteiger charge is 2.08. The molecule has 0 bridgehead atoms. The Morgan fingerprint density at radius 1 is 1.14 bits per heavy atom. The van der Waals surface area contributed by atoms with Crippen molar-refractivity contribution in [2.75, 3.05) is 0 Å². The molecule has 0 spiro atoms. The van der Waals surface area contributed by atoms with Crippen LogP contribution in [0.5, 0.6) is 0 Å². The molecule has 0 fully saturated rings. The predicted molar refractivity (Wildman–Crippen MR) is 79.4 cm³/mol. The maximum Gasteiger partial charge on any atom is 0.328 e. The molecular weight excluding hydrogens is 268 g/mol. The molecule has 0 saturated carbocycles. The zero-order chi connectivity index (χ0) is 15.2. The number of carboxylic acid groups (broad SMARTS) is 1. The molecule has 2 aromatic rings. The van der Waals surface area contributed by atoms with Gasteiger partial charge >= 0.3 is 5.97 Å². The third-order valence-electron chi connectivity index (χ3n) is 2.99. The Labute approximate surface area is 121 Å². The van der Waals surface area contributed by atoms with E-state index < -0.39 is 5.97 Å². The zero-order valence-electron chi connectivity index (χ0n) is 11.4. The number of rotatable bonds is 4. The van der Waals surface area contributed by atoms with E-state index in [-0.39, 0.29) is 0 Å². The third kappa shape index (κ3) is 3.54. The number of nitrogens with zero attached hydrogens (tertiary/aromatic N) is 2. The normalized spacial score (nSPS) is 12.2. The Morgan fingerprint density at radius 2 is 1.81 bits per heavy atom. The van der Waals surface area contributed by atoms with Crippen LogP contribution < -0.4 is 0 Å². The molecule has 1 heterocycles. The molecule has 5 nitrogen and oxygen atoms in total. The summed E-state index contributed by atoms with van der Waals surface area (Å²) in [4.78, 5) is 14.6. The van der Waals surface area contributed by atoms with Crippen LogP contribution in [0.15, 0.2) is 60.0 Å². The van der Waals surface area contributed by atoms with Gasteiger partial charge in [0.2, 0.25) is 0 Å². The lowest BCUT2D eigenvalue weighted by atomic mass is 10.00. The minimum absolute atomic E-state index is 0.412. The summed E-state index contributed by atoms with van der Waals surface area (Å²) in [6, 6.07) is 10.7. The fraction of sp³-hybridized carbons (Fsp3) is 0.0625. The molecule has 1 aromatic heterocycles. The number of aromatic nitrogens is 1. The summed E-state index contributed by atoms with van der Waals surface area (Å²) in [6.07, 6.45) is 4.40. The van der Waals surface area contributed by atoms with Crippen LogP contribution in [-0.2, 0) is 4.79 Å². The van der Waals surface area contributed by atoms with Gasteiger partial charge in [-0.3, -0.25) is 4.98 Å². The molecule has 0 unspecified atom stereocenters. The average molecular weight is 282 g/mol. The van der Waals surface area contributed by atoms with Crippen molar-refractivity contribution in [3.8, 4) is 0 Å². The van der Waals surface area contributed by atoms with Gasteiger partial charge in [-0.25, -0.2) is 4.79 Å². The molecular formula is C16H14N2O3. The molecule has 0 saturated heterocycles. The van der Waals surface area contributed by atoms with Gasteiger partial charge in [-0.2, -0.15) is 0 Å². The molecule has 1 aromatic carbocycles. The number of carboxylic acids is 1. The Morgan fingerprint density at radius 3 is 2.33 bits per heavy atom. The SMILES string of the molecule is CC(=CC(=O)O)c1ccc(C(=NO)c2cccnc2)cc1. The maximum atomic E-state index is 10.7. The molecule has 21 heavy (non-hydrogen) atoms.